The van der Waals surface area contributed by atoms with Crippen molar-refractivity contribution in [2.75, 3.05) is 26.4 Å². The van der Waals surface area contributed by atoms with Gasteiger partial charge in [0.1, 0.15) is 49.3 Å². The Hall–Kier alpha value is -1.35. The van der Waals surface area contributed by atoms with E-state index in [0.717, 1.165) is 44.9 Å². The molecule has 2 aliphatic heterocycles. The van der Waals surface area contributed by atoms with E-state index >= 15 is 0 Å². The number of allylic oxidation sites excluding steroid dienone is 2. The van der Waals surface area contributed by atoms with Gasteiger partial charge in [-0.1, -0.05) is 60.1 Å². The molecule has 0 amide bonds. The van der Waals surface area contributed by atoms with Gasteiger partial charge in [-0.2, -0.15) is 0 Å². The first-order valence-electron chi connectivity index (χ1n) is 24.1. The van der Waals surface area contributed by atoms with Gasteiger partial charge in [0.25, 0.3) is 0 Å². The van der Waals surface area contributed by atoms with Gasteiger partial charge >= 0.3 is 5.97 Å². The topological polar surface area (TPSA) is 255 Å². The number of carbonyl (C=O) groups is 1. The summed E-state index contributed by atoms with van der Waals surface area (Å²) in [5.41, 5.74) is 0.237. The highest BCUT2D eigenvalue weighted by Gasteiger charge is 2.70. The average Bonchev–Trinajstić information content (AvgIpc) is 3.26. The number of esters is 1. The summed E-state index contributed by atoms with van der Waals surface area (Å²) in [6, 6.07) is 0. The molecule has 6 unspecified atom stereocenters. The lowest BCUT2D eigenvalue weighted by atomic mass is 9.33. The Morgan fingerprint density at radius 3 is 2.23 bits per heavy atom. The van der Waals surface area contributed by atoms with Gasteiger partial charge < -0.3 is 74.4 Å². The minimum absolute atomic E-state index is 0.0101. The molecule has 0 radical (unpaired) electrons. The second-order valence-electron chi connectivity index (χ2n) is 22.3. The minimum atomic E-state index is -1.65. The fraction of sp³-hybridized carbons (Fsp3) is 0.938. The van der Waals surface area contributed by atoms with E-state index < -0.39 is 112 Å². The molecule has 7 rings (SSSR count). The molecule has 2 saturated heterocycles. The summed E-state index contributed by atoms with van der Waals surface area (Å²) in [5.74, 6) is 0.850. The molecule has 7 aliphatic rings. The molecule has 9 N–H and O–H groups in total. The van der Waals surface area contributed by atoms with E-state index in [1.165, 1.54) is 12.5 Å². The highest BCUT2D eigenvalue weighted by atomic mass is 16.7. The lowest BCUT2D eigenvalue weighted by Gasteiger charge is -2.71. The molecule has 6 fully saturated rings. The Balaban J connectivity index is 1.04. The van der Waals surface area contributed by atoms with Crippen LogP contribution in [0.5, 0.6) is 0 Å². The molecule has 0 bridgehead atoms. The second kappa shape index (κ2) is 18.9. The number of ether oxygens (including phenoxy) is 6. The first kappa shape index (κ1) is 50.5. The van der Waals surface area contributed by atoms with E-state index in [0.29, 0.717) is 30.6 Å². The zero-order chi connectivity index (χ0) is 46.9. The fourth-order valence-electron chi connectivity index (χ4n) is 14.6. The number of carbonyl (C=O) groups excluding carboxylic acids is 1. The van der Waals surface area contributed by atoms with Gasteiger partial charge in [0, 0.05) is 6.42 Å². The van der Waals surface area contributed by atoms with Crippen LogP contribution in [0.4, 0.5) is 0 Å². The molecule has 16 heteroatoms. The molecular formula is C48H80O16. The lowest BCUT2D eigenvalue weighted by Crippen LogP contribution is -2.65. The van der Waals surface area contributed by atoms with E-state index in [9.17, 15) is 50.8 Å². The summed E-state index contributed by atoms with van der Waals surface area (Å²) >= 11 is 0. The van der Waals surface area contributed by atoms with Crippen molar-refractivity contribution in [3.8, 4) is 0 Å². The van der Waals surface area contributed by atoms with E-state index in [4.69, 9.17) is 28.4 Å². The van der Waals surface area contributed by atoms with Crippen molar-refractivity contribution in [1.29, 1.82) is 0 Å². The summed E-state index contributed by atoms with van der Waals surface area (Å²) in [4.78, 5) is 14.9. The molecule has 368 valence electrons. The monoisotopic (exact) mass is 913 g/mol. The zero-order valence-electron chi connectivity index (χ0n) is 39.3. The molecule has 2 heterocycles. The van der Waals surface area contributed by atoms with E-state index in [2.05, 4.69) is 54.5 Å². The third kappa shape index (κ3) is 8.36. The normalized spacial score (nSPS) is 49.2. The molecular weight excluding hydrogens is 833 g/mol. The maximum atomic E-state index is 14.9. The Bertz CT molecular complexity index is 1660. The number of rotatable bonds is 13. The summed E-state index contributed by atoms with van der Waals surface area (Å²) in [6.07, 6.45) is -6.55. The predicted octanol–water partition coefficient (Wildman–Crippen LogP) is 2.30. The van der Waals surface area contributed by atoms with Gasteiger partial charge in [0.15, 0.2) is 12.6 Å². The highest BCUT2D eigenvalue weighted by molar-refractivity contribution is 5.79. The van der Waals surface area contributed by atoms with Crippen molar-refractivity contribution in [1.82, 2.24) is 0 Å². The molecule has 22 atom stereocenters. The summed E-state index contributed by atoms with van der Waals surface area (Å²) < 4.78 is 35.2. The van der Waals surface area contributed by atoms with Crippen LogP contribution < -0.4 is 0 Å². The molecule has 64 heavy (non-hydrogen) atoms. The van der Waals surface area contributed by atoms with Gasteiger partial charge in [-0.05, 0) is 116 Å². The van der Waals surface area contributed by atoms with Crippen molar-refractivity contribution < 1.29 is 79.2 Å². The molecule has 0 aromatic heterocycles. The van der Waals surface area contributed by atoms with Crippen LogP contribution in [-0.2, 0) is 33.2 Å². The quantitative estimate of drug-likeness (QED) is 0.0730. The molecule has 16 nitrogen and oxygen atoms in total. The Kier molecular flexibility index (Phi) is 14.9. The molecule has 0 spiro atoms. The smallest absolute Gasteiger partial charge is 0.315 e. The van der Waals surface area contributed by atoms with Crippen molar-refractivity contribution in [3.63, 3.8) is 0 Å². The number of aliphatic hydroxyl groups excluding tert-OH is 9. The first-order chi connectivity index (χ1) is 30.0. The van der Waals surface area contributed by atoms with Crippen molar-refractivity contribution in [3.05, 3.63) is 11.6 Å². The van der Waals surface area contributed by atoms with Gasteiger partial charge in [0.05, 0.1) is 43.5 Å². The van der Waals surface area contributed by atoms with Crippen molar-refractivity contribution in [2.24, 2.45) is 56.7 Å². The summed E-state index contributed by atoms with van der Waals surface area (Å²) in [7, 11) is 0. The lowest BCUT2D eigenvalue weighted by molar-refractivity contribution is -0.342. The third-order valence-electron chi connectivity index (χ3n) is 18.9. The molecule has 5 aliphatic carbocycles. The standard InChI is InChI=1S/C48H80O16/c1-24-11-16-48(18-17-46(7)27(37(48)25(24)2)9-10-33-45(6)14-13-34(54)44(4,5)32(45)12-15-47(33,46)8)43(58)63-36(22-51)62-31(29(53)20-49)23-59-35-19-28(52)41(30(21-50)61-35)64-42-40(57)39(56)38(55)26(3)60-42/h9,24-26,28-42,49-57H,10-23H2,1-8H3/t24-,25+,26?,28?,29+,30?,31?,32+,33-,34+,35-,36+,37+,38+,39?,40?,41+,42+,45+,46-,47-,48+/m1/s1. The van der Waals surface area contributed by atoms with E-state index in [-0.39, 0.29) is 46.0 Å². The van der Waals surface area contributed by atoms with Gasteiger partial charge in [-0.15, -0.1) is 0 Å². The fourth-order valence-corrected chi connectivity index (χ4v) is 14.6. The van der Waals surface area contributed by atoms with Crippen LogP contribution in [0.1, 0.15) is 120 Å². The number of hydrogen-bond donors (Lipinski definition) is 9. The number of hydrogen-bond acceptors (Lipinski definition) is 16. The predicted molar refractivity (Wildman–Crippen MR) is 229 cm³/mol. The largest absolute Gasteiger partial charge is 0.433 e. The summed E-state index contributed by atoms with van der Waals surface area (Å²) in [5, 5.41) is 94.6. The SMILES string of the molecule is CC1O[C@@H](O[C@H]2C(O)C[C@H](OCC(O[C@H](CO)OC(=O)[C@]34CC[C@@H](C)[C@H](C)[C@H]3C3=CC[C@@H]5[C@@]6(C)CC[C@H](O)C(C)(C)[C@@H]6CC[C@@]5(C)[C@]3(C)CC4)[C@@H](O)CO)OC2CO)C(O)C(O)[C@H]1O. The van der Waals surface area contributed by atoms with Gasteiger partial charge in [0.2, 0.25) is 6.29 Å². The van der Waals surface area contributed by atoms with Crippen LogP contribution in [0.15, 0.2) is 11.6 Å². The van der Waals surface area contributed by atoms with Crippen molar-refractivity contribution >= 4 is 5.97 Å². The van der Waals surface area contributed by atoms with Gasteiger partial charge in [-0.25, -0.2) is 0 Å². The van der Waals surface area contributed by atoms with Crippen LogP contribution in [0.2, 0.25) is 0 Å². The number of aliphatic hydroxyl groups is 9. The highest BCUT2D eigenvalue weighted by Crippen LogP contribution is 2.76. The second-order valence-corrected chi connectivity index (χ2v) is 22.3. The molecule has 0 aromatic rings. The Morgan fingerprint density at radius 1 is 0.844 bits per heavy atom. The van der Waals surface area contributed by atoms with E-state index in [1.807, 2.05) is 0 Å². The molecule has 0 aromatic carbocycles. The maximum absolute atomic E-state index is 14.9. The summed E-state index contributed by atoms with van der Waals surface area (Å²) in [6.45, 7) is 15.4. The zero-order valence-corrected chi connectivity index (χ0v) is 39.3. The maximum Gasteiger partial charge on any atom is 0.315 e. The van der Waals surface area contributed by atoms with Crippen LogP contribution >= 0.6 is 0 Å². The number of fused-ring (bicyclic) bond motifs is 7. The minimum Gasteiger partial charge on any atom is -0.433 e. The van der Waals surface area contributed by atoms with Crippen LogP contribution in [0, 0.1) is 56.7 Å². The first-order valence-corrected chi connectivity index (χ1v) is 24.1. The van der Waals surface area contributed by atoms with Crippen LogP contribution in [0.3, 0.4) is 0 Å². The van der Waals surface area contributed by atoms with Crippen LogP contribution in [0.25, 0.3) is 0 Å². The van der Waals surface area contributed by atoms with Crippen LogP contribution in [-0.4, -0.2) is 158 Å². The third-order valence-corrected chi connectivity index (χ3v) is 18.9. The molecule has 4 saturated carbocycles. The Morgan fingerprint density at radius 2 is 1.56 bits per heavy atom. The Labute approximate surface area is 378 Å². The van der Waals surface area contributed by atoms with Crippen molar-refractivity contribution in [2.45, 2.75) is 200 Å². The van der Waals surface area contributed by atoms with Gasteiger partial charge in [-0.3, -0.25) is 4.79 Å². The average molecular weight is 913 g/mol. The van der Waals surface area contributed by atoms with E-state index in [1.54, 1.807) is 0 Å².